The van der Waals surface area contributed by atoms with Crippen LogP contribution in [0.15, 0.2) is 52.0 Å². The molecule has 0 radical (unpaired) electrons. The van der Waals surface area contributed by atoms with E-state index >= 15 is 0 Å². The van der Waals surface area contributed by atoms with Crippen LogP contribution in [0.1, 0.15) is 30.3 Å². The molecule has 0 aliphatic carbocycles. The standard InChI is InChI=1S/C20H23N5O3S/c1-21-18-10-7-15(12-22-18)19-23-20(28-24-19)17-4-3-11-25(17)13-14-5-8-16(9-6-14)29(2,26)27/h5-10,12,17H,3-4,11,13H2,1-2H3,(H,21,22). The summed E-state index contributed by atoms with van der Waals surface area (Å²) in [6, 6.07) is 10.9. The molecule has 2 aromatic heterocycles. The van der Waals surface area contributed by atoms with Gasteiger partial charge in [-0.05, 0) is 49.2 Å². The zero-order chi connectivity index (χ0) is 20.4. The van der Waals surface area contributed by atoms with Crippen molar-refractivity contribution in [2.75, 3.05) is 25.2 Å². The lowest BCUT2D eigenvalue weighted by Gasteiger charge is -2.21. The molecule has 8 nitrogen and oxygen atoms in total. The molecule has 1 aromatic carbocycles. The van der Waals surface area contributed by atoms with Crippen LogP contribution >= 0.6 is 0 Å². The maximum Gasteiger partial charge on any atom is 0.244 e. The fourth-order valence-electron chi connectivity index (χ4n) is 3.53. The monoisotopic (exact) mass is 413 g/mol. The molecule has 29 heavy (non-hydrogen) atoms. The number of benzene rings is 1. The van der Waals surface area contributed by atoms with E-state index in [1.807, 2.05) is 31.3 Å². The van der Waals surface area contributed by atoms with Crippen LogP contribution in [0.3, 0.4) is 0 Å². The summed E-state index contributed by atoms with van der Waals surface area (Å²) in [6.45, 7) is 1.62. The summed E-state index contributed by atoms with van der Waals surface area (Å²) < 4.78 is 28.8. The fraction of sp³-hybridized carbons (Fsp3) is 0.350. The molecule has 1 aliphatic heterocycles. The van der Waals surface area contributed by atoms with Crippen molar-refractivity contribution in [2.45, 2.75) is 30.3 Å². The van der Waals surface area contributed by atoms with Crippen LogP contribution in [0.5, 0.6) is 0 Å². The molecule has 9 heteroatoms. The van der Waals surface area contributed by atoms with Crippen molar-refractivity contribution in [1.82, 2.24) is 20.0 Å². The van der Waals surface area contributed by atoms with Crippen molar-refractivity contribution >= 4 is 15.7 Å². The Kier molecular flexibility index (Phi) is 5.33. The molecule has 1 unspecified atom stereocenters. The highest BCUT2D eigenvalue weighted by atomic mass is 32.2. The lowest BCUT2D eigenvalue weighted by molar-refractivity contribution is 0.201. The summed E-state index contributed by atoms with van der Waals surface area (Å²) in [6.07, 6.45) is 4.92. The molecule has 152 valence electrons. The number of hydrogen-bond donors (Lipinski definition) is 1. The highest BCUT2D eigenvalue weighted by molar-refractivity contribution is 7.90. The van der Waals surface area contributed by atoms with Crippen molar-refractivity contribution in [2.24, 2.45) is 0 Å². The molecule has 1 fully saturated rings. The predicted molar refractivity (Wildman–Crippen MR) is 109 cm³/mol. The van der Waals surface area contributed by atoms with E-state index in [1.165, 1.54) is 6.26 Å². The lowest BCUT2D eigenvalue weighted by atomic mass is 10.2. The molecule has 0 bridgehead atoms. The van der Waals surface area contributed by atoms with Gasteiger partial charge in [-0.3, -0.25) is 4.90 Å². The van der Waals surface area contributed by atoms with Gasteiger partial charge in [-0.1, -0.05) is 17.3 Å². The van der Waals surface area contributed by atoms with Gasteiger partial charge in [0, 0.05) is 31.6 Å². The Labute approximate surface area is 169 Å². The number of nitrogens with zero attached hydrogens (tertiary/aromatic N) is 4. The second kappa shape index (κ2) is 7.92. The molecule has 1 atom stereocenters. The van der Waals surface area contributed by atoms with E-state index in [4.69, 9.17) is 4.52 Å². The summed E-state index contributed by atoms with van der Waals surface area (Å²) in [5, 5.41) is 7.11. The van der Waals surface area contributed by atoms with Crippen LogP contribution in [0.4, 0.5) is 5.82 Å². The van der Waals surface area contributed by atoms with Gasteiger partial charge >= 0.3 is 0 Å². The predicted octanol–water partition coefficient (Wildman–Crippen LogP) is 2.91. The molecule has 3 heterocycles. The number of aromatic nitrogens is 3. The van der Waals surface area contributed by atoms with E-state index < -0.39 is 9.84 Å². The fourth-order valence-corrected chi connectivity index (χ4v) is 4.16. The summed E-state index contributed by atoms with van der Waals surface area (Å²) >= 11 is 0. The second-order valence-corrected chi connectivity index (χ2v) is 9.20. The molecule has 1 N–H and O–H groups in total. The molecule has 1 saturated heterocycles. The van der Waals surface area contributed by atoms with Gasteiger partial charge in [-0.15, -0.1) is 0 Å². The molecule has 4 rings (SSSR count). The van der Waals surface area contributed by atoms with Gasteiger partial charge < -0.3 is 9.84 Å². The Morgan fingerprint density at radius 2 is 2.00 bits per heavy atom. The number of pyridine rings is 1. The number of rotatable bonds is 6. The van der Waals surface area contributed by atoms with Crippen LogP contribution < -0.4 is 5.32 Å². The molecule has 0 spiro atoms. The first-order valence-electron chi connectivity index (χ1n) is 9.45. The van der Waals surface area contributed by atoms with Crippen LogP contribution in [0, 0.1) is 0 Å². The first-order valence-corrected chi connectivity index (χ1v) is 11.3. The molecule has 0 saturated carbocycles. The lowest BCUT2D eigenvalue weighted by Crippen LogP contribution is -2.23. The average molecular weight is 414 g/mol. The number of anilines is 1. The Morgan fingerprint density at radius 3 is 2.66 bits per heavy atom. The normalized spacial score (nSPS) is 17.5. The van der Waals surface area contributed by atoms with Gasteiger partial charge in [0.2, 0.25) is 11.7 Å². The van der Waals surface area contributed by atoms with Crippen molar-refractivity contribution < 1.29 is 12.9 Å². The molecule has 1 aliphatic rings. The quantitative estimate of drug-likeness (QED) is 0.658. The third-order valence-electron chi connectivity index (χ3n) is 5.11. The summed E-state index contributed by atoms with van der Waals surface area (Å²) in [7, 11) is -1.37. The van der Waals surface area contributed by atoms with E-state index in [9.17, 15) is 8.42 Å². The van der Waals surface area contributed by atoms with Gasteiger partial charge in [-0.2, -0.15) is 4.98 Å². The van der Waals surface area contributed by atoms with Gasteiger partial charge in [0.15, 0.2) is 9.84 Å². The van der Waals surface area contributed by atoms with E-state index in [0.29, 0.717) is 23.2 Å². The maximum absolute atomic E-state index is 11.6. The van der Waals surface area contributed by atoms with Gasteiger partial charge in [0.05, 0.1) is 10.9 Å². The highest BCUT2D eigenvalue weighted by Gasteiger charge is 2.31. The van der Waals surface area contributed by atoms with E-state index in [2.05, 4.69) is 25.3 Å². The minimum absolute atomic E-state index is 0.0513. The molecular weight excluding hydrogens is 390 g/mol. The van der Waals surface area contributed by atoms with Crippen molar-refractivity contribution in [1.29, 1.82) is 0 Å². The SMILES string of the molecule is CNc1ccc(-c2noc(C3CCCN3Cc3ccc(S(C)(=O)=O)cc3)n2)cn1. The third kappa shape index (κ3) is 4.30. The Hall–Kier alpha value is -2.78. The Morgan fingerprint density at radius 1 is 1.21 bits per heavy atom. The van der Waals surface area contributed by atoms with E-state index in [0.717, 1.165) is 36.3 Å². The zero-order valence-corrected chi connectivity index (χ0v) is 17.2. The number of likely N-dealkylation sites (tertiary alicyclic amines) is 1. The van der Waals surface area contributed by atoms with Gasteiger partial charge in [0.1, 0.15) is 5.82 Å². The number of sulfone groups is 1. The molecule has 3 aromatic rings. The van der Waals surface area contributed by atoms with Gasteiger partial charge in [-0.25, -0.2) is 13.4 Å². The third-order valence-corrected chi connectivity index (χ3v) is 6.23. The van der Waals surface area contributed by atoms with E-state index in [1.54, 1.807) is 18.3 Å². The van der Waals surface area contributed by atoms with E-state index in [-0.39, 0.29) is 6.04 Å². The summed E-state index contributed by atoms with van der Waals surface area (Å²) in [5.41, 5.74) is 1.86. The van der Waals surface area contributed by atoms with Crippen molar-refractivity contribution in [3.05, 3.63) is 54.0 Å². The molecule has 0 amide bonds. The topological polar surface area (TPSA) is 101 Å². The first-order chi connectivity index (χ1) is 13.9. The minimum atomic E-state index is -3.18. The Bertz CT molecular complexity index is 1080. The summed E-state index contributed by atoms with van der Waals surface area (Å²) in [4.78, 5) is 11.5. The first kappa shape index (κ1) is 19.5. The van der Waals surface area contributed by atoms with Crippen LogP contribution in [-0.2, 0) is 16.4 Å². The average Bonchev–Trinajstić information content (AvgIpc) is 3.37. The Balaban J connectivity index is 1.49. The van der Waals surface area contributed by atoms with Crippen LogP contribution in [-0.4, -0.2) is 48.3 Å². The second-order valence-electron chi connectivity index (χ2n) is 7.18. The number of hydrogen-bond acceptors (Lipinski definition) is 8. The van der Waals surface area contributed by atoms with Crippen LogP contribution in [0.25, 0.3) is 11.4 Å². The van der Waals surface area contributed by atoms with Gasteiger partial charge in [0.25, 0.3) is 0 Å². The maximum atomic E-state index is 11.6. The minimum Gasteiger partial charge on any atom is -0.373 e. The highest BCUT2D eigenvalue weighted by Crippen LogP contribution is 2.33. The van der Waals surface area contributed by atoms with Crippen LogP contribution in [0.2, 0.25) is 0 Å². The molecular formula is C20H23N5O3S. The smallest absolute Gasteiger partial charge is 0.244 e. The zero-order valence-electron chi connectivity index (χ0n) is 16.4. The number of nitrogens with one attached hydrogen (secondary N) is 1. The largest absolute Gasteiger partial charge is 0.373 e. The summed E-state index contributed by atoms with van der Waals surface area (Å²) in [5.74, 6) is 1.91. The van der Waals surface area contributed by atoms with Crippen molar-refractivity contribution in [3.63, 3.8) is 0 Å². The van der Waals surface area contributed by atoms with Crippen molar-refractivity contribution in [3.8, 4) is 11.4 Å².